The van der Waals surface area contributed by atoms with Gasteiger partial charge in [0.1, 0.15) is 5.75 Å². The highest BCUT2D eigenvalue weighted by Crippen LogP contribution is 2.32. The van der Waals surface area contributed by atoms with Crippen LogP contribution in [0, 0.1) is 0 Å². The van der Waals surface area contributed by atoms with Crippen molar-refractivity contribution in [2.24, 2.45) is 5.73 Å². The molecule has 0 saturated heterocycles. The minimum atomic E-state index is -1.01. The number of aliphatic hydroxyl groups excluding tert-OH is 1. The van der Waals surface area contributed by atoms with Crippen molar-refractivity contribution in [1.29, 1.82) is 0 Å². The lowest BCUT2D eigenvalue weighted by Crippen LogP contribution is -2.33. The third kappa shape index (κ3) is 2.24. The Hall–Kier alpha value is -1.08. The van der Waals surface area contributed by atoms with Crippen LogP contribution in [0.15, 0.2) is 18.2 Å². The number of nitrogens with two attached hydrogens (primary N) is 1. The molecule has 1 aromatic rings. The summed E-state index contributed by atoms with van der Waals surface area (Å²) >= 11 is 0. The second kappa shape index (κ2) is 5.28. The van der Waals surface area contributed by atoms with Crippen LogP contribution in [0.3, 0.4) is 0 Å². The van der Waals surface area contributed by atoms with Crippen molar-refractivity contribution in [1.82, 2.24) is 0 Å². The molecule has 0 aromatic heterocycles. The Labute approximate surface area is 107 Å². The zero-order valence-electron chi connectivity index (χ0n) is 10.4. The van der Waals surface area contributed by atoms with Gasteiger partial charge in [0, 0.05) is 25.0 Å². The third-order valence-corrected chi connectivity index (χ3v) is 3.20. The van der Waals surface area contributed by atoms with Crippen LogP contribution in [0.2, 0.25) is 0 Å². The second-order valence-corrected chi connectivity index (χ2v) is 4.55. The summed E-state index contributed by atoms with van der Waals surface area (Å²) in [6.45, 7) is 2.62. The summed E-state index contributed by atoms with van der Waals surface area (Å²) in [5, 5.41) is 18.7. The van der Waals surface area contributed by atoms with Gasteiger partial charge in [-0.1, -0.05) is 12.1 Å². The highest BCUT2D eigenvalue weighted by atomic mass is 16.5. The number of hydrogen-bond acceptors (Lipinski definition) is 5. The van der Waals surface area contributed by atoms with Gasteiger partial charge in [-0.15, -0.1) is 0 Å². The van der Waals surface area contributed by atoms with Crippen molar-refractivity contribution in [3.8, 4) is 5.75 Å². The summed E-state index contributed by atoms with van der Waals surface area (Å²) in [6, 6.07) is 5.52. The average molecular weight is 251 g/mol. The number of fused-ring (bicyclic) bond motifs is 1. The van der Waals surface area contributed by atoms with Gasteiger partial charge in [0.05, 0.1) is 12.2 Å². The first-order valence-electron chi connectivity index (χ1n) is 6.05. The molecule has 0 unspecified atom stereocenters. The first kappa shape index (κ1) is 13.4. The first-order chi connectivity index (χ1) is 8.62. The Kier molecular flexibility index (Phi) is 3.92. The minimum absolute atomic E-state index is 0.0780. The van der Waals surface area contributed by atoms with Gasteiger partial charge in [-0.05, 0) is 18.6 Å². The van der Waals surface area contributed by atoms with E-state index in [1.807, 2.05) is 19.1 Å². The number of hydrogen-bond donors (Lipinski definition) is 3. The molecule has 0 spiro atoms. The number of aliphatic hydroxyl groups is 1. The van der Waals surface area contributed by atoms with Crippen molar-refractivity contribution >= 4 is 12.6 Å². The van der Waals surface area contributed by atoms with Gasteiger partial charge in [-0.3, -0.25) is 0 Å². The first-order valence-corrected chi connectivity index (χ1v) is 6.05. The van der Waals surface area contributed by atoms with E-state index in [4.69, 9.17) is 20.2 Å². The van der Waals surface area contributed by atoms with Crippen LogP contribution in [-0.4, -0.2) is 37.0 Å². The summed E-state index contributed by atoms with van der Waals surface area (Å²) in [4.78, 5) is 0. The van der Waals surface area contributed by atoms with Crippen LogP contribution in [0.4, 0.5) is 0 Å². The predicted molar refractivity (Wildman–Crippen MR) is 68.7 cm³/mol. The zero-order valence-corrected chi connectivity index (χ0v) is 10.4. The molecule has 0 amide bonds. The molecule has 0 aliphatic carbocycles. The lowest BCUT2D eigenvalue weighted by atomic mass is 9.77. The third-order valence-electron chi connectivity index (χ3n) is 3.20. The van der Waals surface area contributed by atoms with Crippen molar-refractivity contribution in [3.05, 3.63) is 23.8 Å². The van der Waals surface area contributed by atoms with Crippen LogP contribution < -0.4 is 15.9 Å². The van der Waals surface area contributed by atoms with Crippen molar-refractivity contribution in [3.63, 3.8) is 0 Å². The molecule has 0 fully saturated rings. The molecule has 1 aliphatic rings. The van der Waals surface area contributed by atoms with Gasteiger partial charge in [0.25, 0.3) is 0 Å². The van der Waals surface area contributed by atoms with E-state index in [2.05, 4.69) is 0 Å². The largest absolute Gasteiger partial charge is 0.496 e. The van der Waals surface area contributed by atoms with Gasteiger partial charge >= 0.3 is 7.12 Å². The van der Waals surface area contributed by atoms with Crippen LogP contribution >= 0.6 is 0 Å². The summed E-state index contributed by atoms with van der Waals surface area (Å²) in [5.74, 6) is 0.589. The maximum Gasteiger partial charge on any atom is 0.496 e. The van der Waals surface area contributed by atoms with Crippen LogP contribution in [0.5, 0.6) is 5.75 Å². The molecule has 5 nitrogen and oxygen atoms in total. The van der Waals surface area contributed by atoms with E-state index in [0.29, 0.717) is 24.2 Å². The number of ether oxygens (including phenoxy) is 1. The number of rotatable bonds is 5. The Balaban J connectivity index is 2.30. The second-order valence-electron chi connectivity index (χ2n) is 4.55. The lowest BCUT2D eigenvalue weighted by molar-refractivity contribution is 0.0893. The molecule has 6 heteroatoms. The molecule has 0 saturated carbocycles. The normalized spacial score (nSPS) is 22.1. The fraction of sp³-hybridized carbons (Fsp3) is 0.500. The fourth-order valence-electron chi connectivity index (χ4n) is 2.16. The van der Waals surface area contributed by atoms with Gasteiger partial charge in [-0.2, -0.15) is 0 Å². The predicted octanol–water partition coefficient (Wildman–Crippen LogP) is -0.661. The standard InChI is InChI=1S/C12H18BNO4/c1-12(8-14)9-4-2-5-10(17-7-3-6-15)11(9)13(16)18-12/h2,4-5,15-16H,3,6-8,14H2,1H3/t12-/m1/s1. The molecular weight excluding hydrogens is 233 g/mol. The summed E-state index contributed by atoms with van der Waals surface area (Å²) in [5.41, 5.74) is 6.53. The summed E-state index contributed by atoms with van der Waals surface area (Å²) in [6.07, 6.45) is 0.550. The average Bonchev–Trinajstić information content (AvgIpc) is 2.64. The van der Waals surface area contributed by atoms with Gasteiger partial charge in [0.2, 0.25) is 0 Å². The Morgan fingerprint density at radius 1 is 1.50 bits per heavy atom. The molecule has 0 radical (unpaired) electrons. The zero-order chi connectivity index (χ0) is 13.2. The molecular formula is C12H18BNO4. The summed E-state index contributed by atoms with van der Waals surface area (Å²) in [7, 11) is -1.01. The van der Waals surface area contributed by atoms with Crippen molar-refractivity contribution < 1.29 is 19.5 Å². The van der Waals surface area contributed by atoms with Crippen LogP contribution in [0.25, 0.3) is 0 Å². The number of benzene rings is 1. The van der Waals surface area contributed by atoms with Crippen molar-refractivity contribution in [2.75, 3.05) is 19.8 Å². The Bertz CT molecular complexity index is 429. The monoisotopic (exact) mass is 251 g/mol. The molecule has 0 bridgehead atoms. The highest BCUT2D eigenvalue weighted by molar-refractivity contribution is 6.63. The van der Waals surface area contributed by atoms with Crippen LogP contribution in [0.1, 0.15) is 18.9 Å². The smallest absolute Gasteiger partial charge is 0.494 e. The molecule has 1 atom stereocenters. The minimum Gasteiger partial charge on any atom is -0.494 e. The summed E-state index contributed by atoms with van der Waals surface area (Å²) < 4.78 is 11.1. The maximum absolute atomic E-state index is 9.98. The van der Waals surface area contributed by atoms with Gasteiger partial charge in [-0.25, -0.2) is 0 Å². The molecule has 1 heterocycles. The van der Waals surface area contributed by atoms with E-state index >= 15 is 0 Å². The van der Waals surface area contributed by atoms with Gasteiger partial charge < -0.3 is 25.3 Å². The quantitative estimate of drug-likeness (QED) is 0.478. The molecule has 2 rings (SSSR count). The Morgan fingerprint density at radius 2 is 2.28 bits per heavy atom. The van der Waals surface area contributed by atoms with E-state index in [-0.39, 0.29) is 13.2 Å². The van der Waals surface area contributed by atoms with E-state index in [1.165, 1.54) is 0 Å². The topological polar surface area (TPSA) is 84.9 Å². The fourth-order valence-corrected chi connectivity index (χ4v) is 2.16. The molecule has 98 valence electrons. The lowest BCUT2D eigenvalue weighted by Gasteiger charge is -2.23. The van der Waals surface area contributed by atoms with Gasteiger partial charge in [0.15, 0.2) is 0 Å². The highest BCUT2D eigenvalue weighted by Gasteiger charge is 2.44. The van der Waals surface area contributed by atoms with E-state index < -0.39 is 12.7 Å². The molecule has 4 N–H and O–H groups in total. The Morgan fingerprint density at radius 3 is 2.94 bits per heavy atom. The maximum atomic E-state index is 9.98. The van der Waals surface area contributed by atoms with Crippen molar-refractivity contribution in [2.45, 2.75) is 18.9 Å². The van der Waals surface area contributed by atoms with E-state index in [9.17, 15) is 5.02 Å². The molecule has 1 aromatic carbocycles. The van der Waals surface area contributed by atoms with E-state index in [1.54, 1.807) is 6.07 Å². The van der Waals surface area contributed by atoms with Crippen LogP contribution in [-0.2, 0) is 10.3 Å². The SMILES string of the molecule is C[C@]1(CN)OB(O)c2c(OCCCO)cccc21. The molecule has 18 heavy (non-hydrogen) atoms. The van der Waals surface area contributed by atoms with E-state index in [0.717, 1.165) is 5.56 Å². The molecule has 1 aliphatic heterocycles.